The Morgan fingerprint density at radius 3 is 1.69 bits per heavy atom. The molecule has 0 aliphatic rings. The molecule has 0 saturated heterocycles. The number of hydrogen-bond donors (Lipinski definition) is 2. The number of benzene rings is 4. The van der Waals surface area contributed by atoms with Gasteiger partial charge in [-0.05, 0) is 52.6 Å². The molecular formula is C27H16ClF3N2O6. The average Bonchev–Trinajstić information content (AvgIpc) is 2.89. The van der Waals surface area contributed by atoms with Gasteiger partial charge in [-0.1, -0.05) is 54.1 Å². The minimum absolute atomic E-state index is 0.0750. The second-order valence-electron chi connectivity index (χ2n) is 8.34. The van der Waals surface area contributed by atoms with Crippen molar-refractivity contribution in [1.82, 2.24) is 0 Å². The van der Waals surface area contributed by atoms with Crippen LogP contribution in [-0.2, 0) is 5.41 Å². The first kappa shape index (κ1) is 27.1. The molecule has 0 radical (unpaired) electrons. The van der Waals surface area contributed by atoms with Crippen LogP contribution in [0.3, 0.4) is 0 Å². The summed E-state index contributed by atoms with van der Waals surface area (Å²) in [6, 6.07) is 14.0. The SMILES string of the molecule is O=[N+]([O-])c1cc(C(C=Cc2ccccc2Cl)(c2ccc(F)cc2)c2cc(F)c(O)c([N+](=O)[O-])c2)cc(F)c1O. The molecule has 198 valence electrons. The van der Waals surface area contributed by atoms with Gasteiger partial charge >= 0.3 is 11.4 Å². The summed E-state index contributed by atoms with van der Waals surface area (Å²) in [7, 11) is 0. The smallest absolute Gasteiger partial charge is 0.314 e. The summed E-state index contributed by atoms with van der Waals surface area (Å²) in [5.74, 6) is -6.05. The summed E-state index contributed by atoms with van der Waals surface area (Å²) in [6.07, 6.45) is 2.74. The maximum absolute atomic E-state index is 14.9. The highest BCUT2D eigenvalue weighted by Crippen LogP contribution is 2.47. The first-order valence-corrected chi connectivity index (χ1v) is 11.4. The number of hydrogen-bond acceptors (Lipinski definition) is 6. The molecule has 2 N–H and O–H groups in total. The minimum Gasteiger partial charge on any atom is -0.500 e. The van der Waals surface area contributed by atoms with E-state index in [1.54, 1.807) is 24.3 Å². The Labute approximate surface area is 223 Å². The lowest BCUT2D eigenvalue weighted by Crippen LogP contribution is -2.28. The molecule has 12 heteroatoms. The van der Waals surface area contributed by atoms with E-state index in [1.807, 2.05) is 0 Å². The second kappa shape index (κ2) is 10.5. The number of phenols is 2. The summed E-state index contributed by atoms with van der Waals surface area (Å²) in [4.78, 5) is 21.2. The van der Waals surface area contributed by atoms with Crippen molar-refractivity contribution in [1.29, 1.82) is 0 Å². The van der Waals surface area contributed by atoms with Crippen LogP contribution in [0.5, 0.6) is 11.5 Å². The molecule has 0 aliphatic heterocycles. The summed E-state index contributed by atoms with van der Waals surface area (Å²) in [5, 5.41) is 43.5. The zero-order valence-corrected chi connectivity index (χ0v) is 20.3. The highest BCUT2D eigenvalue weighted by Gasteiger charge is 2.39. The predicted molar refractivity (Wildman–Crippen MR) is 136 cm³/mol. The highest BCUT2D eigenvalue weighted by molar-refractivity contribution is 6.32. The van der Waals surface area contributed by atoms with E-state index in [9.17, 15) is 43.6 Å². The standard InChI is InChI=1S/C27H16ClF3N2O6/c28-20-4-2-1-3-15(20)9-10-27(16-5-7-19(29)8-6-16,17-11-21(30)25(34)23(13-17)32(36)37)18-12-22(31)26(35)24(14-18)33(38)39/h1-14,34-35H. The van der Waals surface area contributed by atoms with Crippen molar-refractivity contribution in [2.45, 2.75) is 5.41 Å². The number of aromatic hydroxyl groups is 2. The zero-order chi connectivity index (χ0) is 28.5. The van der Waals surface area contributed by atoms with Gasteiger partial charge in [-0.2, -0.15) is 0 Å². The van der Waals surface area contributed by atoms with Crippen LogP contribution < -0.4 is 0 Å². The molecule has 39 heavy (non-hydrogen) atoms. The molecule has 0 aromatic heterocycles. The largest absolute Gasteiger partial charge is 0.500 e. The molecule has 0 heterocycles. The van der Waals surface area contributed by atoms with Crippen molar-refractivity contribution in [3.05, 3.63) is 144 Å². The third kappa shape index (κ3) is 4.99. The quantitative estimate of drug-likeness (QED) is 0.143. The van der Waals surface area contributed by atoms with Crippen molar-refractivity contribution in [3.8, 4) is 11.5 Å². The van der Waals surface area contributed by atoms with Crippen molar-refractivity contribution < 1.29 is 33.2 Å². The maximum Gasteiger partial charge on any atom is 0.314 e. The molecule has 0 spiro atoms. The van der Waals surface area contributed by atoms with E-state index < -0.39 is 55.6 Å². The van der Waals surface area contributed by atoms with Gasteiger partial charge in [0.2, 0.25) is 11.5 Å². The maximum atomic E-state index is 14.9. The fraction of sp³-hybridized carbons (Fsp3) is 0.0370. The summed E-state index contributed by atoms with van der Waals surface area (Å²) >= 11 is 6.27. The Balaban J connectivity index is 2.21. The summed E-state index contributed by atoms with van der Waals surface area (Å²) in [5.41, 5.74) is -4.16. The molecule has 0 aliphatic carbocycles. The second-order valence-corrected chi connectivity index (χ2v) is 8.74. The summed E-state index contributed by atoms with van der Waals surface area (Å²) in [6.45, 7) is 0. The average molecular weight is 557 g/mol. The Kier molecular flexibility index (Phi) is 7.28. The molecule has 4 aromatic rings. The highest BCUT2D eigenvalue weighted by atomic mass is 35.5. The van der Waals surface area contributed by atoms with Crippen molar-refractivity contribution in [2.75, 3.05) is 0 Å². The van der Waals surface area contributed by atoms with Crippen molar-refractivity contribution >= 4 is 29.1 Å². The monoisotopic (exact) mass is 556 g/mol. The molecule has 0 unspecified atom stereocenters. The van der Waals surface area contributed by atoms with Crippen LogP contribution >= 0.6 is 11.6 Å². The first-order valence-electron chi connectivity index (χ1n) is 11.0. The first-order chi connectivity index (χ1) is 18.5. The van der Waals surface area contributed by atoms with Crippen LogP contribution in [0.4, 0.5) is 24.5 Å². The van der Waals surface area contributed by atoms with Gasteiger partial charge in [0.15, 0.2) is 11.6 Å². The van der Waals surface area contributed by atoms with E-state index in [2.05, 4.69) is 0 Å². The van der Waals surface area contributed by atoms with E-state index in [0.717, 1.165) is 36.4 Å². The van der Waals surface area contributed by atoms with E-state index in [1.165, 1.54) is 24.3 Å². The van der Waals surface area contributed by atoms with Crippen molar-refractivity contribution in [2.24, 2.45) is 0 Å². The van der Waals surface area contributed by atoms with Gasteiger partial charge in [0.05, 0.1) is 15.3 Å². The molecule has 0 fully saturated rings. The van der Waals surface area contributed by atoms with Crippen LogP contribution in [-0.4, -0.2) is 20.1 Å². The number of rotatable bonds is 7. The van der Waals surface area contributed by atoms with E-state index in [4.69, 9.17) is 11.6 Å². The lowest BCUT2D eigenvalue weighted by molar-refractivity contribution is -0.386. The Hall–Kier alpha value is -4.90. The molecule has 8 nitrogen and oxygen atoms in total. The van der Waals surface area contributed by atoms with Crippen LogP contribution in [0.1, 0.15) is 22.3 Å². The van der Waals surface area contributed by atoms with E-state index in [-0.39, 0.29) is 21.7 Å². The van der Waals surface area contributed by atoms with Crippen LogP contribution in [0.2, 0.25) is 5.02 Å². The minimum atomic E-state index is -1.98. The fourth-order valence-electron chi connectivity index (χ4n) is 4.23. The van der Waals surface area contributed by atoms with Gasteiger partial charge in [-0.15, -0.1) is 0 Å². The van der Waals surface area contributed by atoms with Gasteiger partial charge in [0, 0.05) is 17.2 Å². The molecule has 4 aromatic carbocycles. The Bertz CT molecular complexity index is 1570. The van der Waals surface area contributed by atoms with E-state index >= 15 is 0 Å². The third-order valence-electron chi connectivity index (χ3n) is 6.11. The van der Waals surface area contributed by atoms with Crippen LogP contribution in [0, 0.1) is 37.7 Å². The van der Waals surface area contributed by atoms with Gasteiger partial charge in [-0.3, -0.25) is 20.2 Å². The van der Waals surface area contributed by atoms with Gasteiger partial charge in [-0.25, -0.2) is 13.2 Å². The van der Waals surface area contributed by atoms with Gasteiger partial charge < -0.3 is 10.2 Å². The number of halogens is 4. The number of nitrogens with zero attached hydrogens (tertiary/aromatic N) is 2. The molecule has 0 saturated carbocycles. The third-order valence-corrected chi connectivity index (χ3v) is 6.45. The predicted octanol–water partition coefficient (Wildman–Crippen LogP) is 7.03. The number of nitro benzene ring substituents is 2. The fourth-order valence-corrected chi connectivity index (χ4v) is 4.43. The molecular weight excluding hydrogens is 541 g/mol. The molecule has 0 amide bonds. The topological polar surface area (TPSA) is 127 Å². The molecule has 4 rings (SSSR count). The zero-order valence-electron chi connectivity index (χ0n) is 19.5. The van der Waals surface area contributed by atoms with Gasteiger partial charge in [0.25, 0.3) is 0 Å². The lowest BCUT2D eigenvalue weighted by atomic mass is 9.68. The summed E-state index contributed by atoms with van der Waals surface area (Å²) < 4.78 is 43.8. The normalized spacial score (nSPS) is 11.6. The number of allylic oxidation sites excluding steroid dienone is 1. The van der Waals surface area contributed by atoms with Crippen LogP contribution in [0.15, 0.2) is 78.9 Å². The Morgan fingerprint density at radius 2 is 1.23 bits per heavy atom. The molecule has 0 atom stereocenters. The number of nitro groups is 2. The number of phenolic OH excluding ortho intramolecular Hbond substituents is 2. The lowest BCUT2D eigenvalue weighted by Gasteiger charge is -2.33. The Morgan fingerprint density at radius 1 is 0.744 bits per heavy atom. The van der Waals surface area contributed by atoms with Gasteiger partial charge in [0.1, 0.15) is 5.82 Å². The van der Waals surface area contributed by atoms with Crippen LogP contribution in [0.25, 0.3) is 6.08 Å². The van der Waals surface area contributed by atoms with Crippen molar-refractivity contribution in [3.63, 3.8) is 0 Å². The molecule has 0 bridgehead atoms. The van der Waals surface area contributed by atoms with E-state index in [0.29, 0.717) is 5.56 Å².